The topological polar surface area (TPSA) is 15.7 Å². The van der Waals surface area contributed by atoms with Gasteiger partial charge in [-0.3, -0.25) is 0 Å². The first-order chi connectivity index (χ1) is 13.0. The van der Waals surface area contributed by atoms with Crippen LogP contribution < -0.4 is 9.96 Å². The molecule has 0 amide bonds. The first-order valence-corrected chi connectivity index (χ1v) is 10.2. The summed E-state index contributed by atoms with van der Waals surface area (Å²) in [4.78, 5) is 8.43. The molecule has 0 aliphatic carbocycles. The van der Waals surface area contributed by atoms with E-state index < -0.39 is 0 Å². The van der Waals surface area contributed by atoms with Crippen LogP contribution in [0, 0.1) is 0 Å². The molecule has 1 aliphatic rings. The SMILES string of the molecule is CCc1cc(N(CC)CC)ccc1N1OC(C)=CC1c1c(Cl)cccc1Cl. The Bertz CT molecular complexity index is 826. The van der Waals surface area contributed by atoms with Gasteiger partial charge in [0.05, 0.1) is 5.69 Å². The van der Waals surface area contributed by atoms with Gasteiger partial charge >= 0.3 is 0 Å². The van der Waals surface area contributed by atoms with E-state index in [2.05, 4.69) is 49.9 Å². The fraction of sp³-hybridized carbons (Fsp3) is 0.364. The lowest BCUT2D eigenvalue weighted by Gasteiger charge is -2.29. The zero-order valence-electron chi connectivity index (χ0n) is 16.3. The van der Waals surface area contributed by atoms with E-state index in [1.54, 1.807) is 0 Å². The Morgan fingerprint density at radius 1 is 1.04 bits per heavy atom. The monoisotopic (exact) mass is 404 g/mol. The third-order valence-electron chi connectivity index (χ3n) is 4.99. The molecule has 0 bridgehead atoms. The number of aryl methyl sites for hydroxylation is 1. The number of allylic oxidation sites excluding steroid dienone is 1. The largest absolute Gasteiger partial charge is 0.384 e. The van der Waals surface area contributed by atoms with Crippen molar-refractivity contribution in [2.45, 2.75) is 40.2 Å². The molecule has 0 fully saturated rings. The fourth-order valence-electron chi connectivity index (χ4n) is 3.58. The minimum absolute atomic E-state index is 0.157. The molecular weight excluding hydrogens is 379 g/mol. The number of nitrogens with zero attached hydrogens (tertiary/aromatic N) is 2. The van der Waals surface area contributed by atoms with Crippen molar-refractivity contribution < 1.29 is 4.84 Å². The van der Waals surface area contributed by atoms with Gasteiger partial charge in [0, 0.05) is 34.4 Å². The summed E-state index contributed by atoms with van der Waals surface area (Å²) >= 11 is 13.0. The number of hydrogen-bond donors (Lipinski definition) is 0. The smallest absolute Gasteiger partial charge is 0.127 e. The molecule has 27 heavy (non-hydrogen) atoms. The van der Waals surface area contributed by atoms with Gasteiger partial charge in [-0.1, -0.05) is 36.2 Å². The first-order valence-electron chi connectivity index (χ1n) is 9.47. The maximum absolute atomic E-state index is 6.49. The minimum atomic E-state index is -0.157. The maximum Gasteiger partial charge on any atom is 0.127 e. The summed E-state index contributed by atoms with van der Waals surface area (Å²) in [7, 11) is 0. The Morgan fingerprint density at radius 3 is 2.30 bits per heavy atom. The highest BCUT2D eigenvalue weighted by Crippen LogP contribution is 2.43. The molecule has 1 aliphatic heterocycles. The third kappa shape index (κ3) is 3.90. The molecule has 0 aromatic heterocycles. The normalized spacial score (nSPS) is 16.3. The second-order valence-electron chi connectivity index (χ2n) is 6.61. The lowest BCUT2D eigenvalue weighted by Crippen LogP contribution is -2.25. The highest BCUT2D eigenvalue weighted by Gasteiger charge is 2.31. The molecule has 0 radical (unpaired) electrons. The number of halogens is 2. The summed E-state index contributed by atoms with van der Waals surface area (Å²) < 4.78 is 0. The van der Waals surface area contributed by atoms with E-state index in [1.807, 2.05) is 30.2 Å². The van der Waals surface area contributed by atoms with Crippen LogP contribution in [0.25, 0.3) is 0 Å². The van der Waals surface area contributed by atoms with E-state index in [0.29, 0.717) is 10.0 Å². The number of rotatable bonds is 6. The van der Waals surface area contributed by atoms with Crippen LogP contribution in [-0.4, -0.2) is 13.1 Å². The van der Waals surface area contributed by atoms with Gasteiger partial charge in [-0.25, -0.2) is 0 Å². The molecule has 5 heteroatoms. The summed E-state index contributed by atoms with van der Waals surface area (Å²) in [6.45, 7) is 10.4. The highest BCUT2D eigenvalue weighted by atomic mass is 35.5. The standard InChI is InChI=1S/C22H26Cl2N2O/c1-5-16-14-17(25(6-2)7-3)11-12-20(16)26-21(13-15(4)27-26)22-18(23)9-8-10-19(22)24/h8-14,21H,5-7H2,1-4H3. The molecule has 0 N–H and O–H groups in total. The molecule has 144 valence electrons. The van der Waals surface area contributed by atoms with Gasteiger partial charge in [-0.2, -0.15) is 5.06 Å². The average Bonchev–Trinajstić information content (AvgIpc) is 3.03. The Hall–Kier alpha value is -1.84. The Kier molecular flexibility index (Phi) is 6.23. The second-order valence-corrected chi connectivity index (χ2v) is 7.43. The van der Waals surface area contributed by atoms with Crippen LogP contribution in [-0.2, 0) is 11.3 Å². The lowest BCUT2D eigenvalue weighted by atomic mass is 10.0. The van der Waals surface area contributed by atoms with Crippen LogP contribution in [0.1, 0.15) is 44.9 Å². The predicted octanol–water partition coefficient (Wildman–Crippen LogP) is 6.80. The van der Waals surface area contributed by atoms with Crippen LogP contribution >= 0.6 is 23.2 Å². The van der Waals surface area contributed by atoms with Crippen LogP contribution in [0.15, 0.2) is 48.2 Å². The fourth-order valence-corrected chi connectivity index (χ4v) is 4.20. The number of benzene rings is 2. The van der Waals surface area contributed by atoms with Crippen molar-refractivity contribution >= 4 is 34.6 Å². The van der Waals surface area contributed by atoms with Gasteiger partial charge in [0.2, 0.25) is 0 Å². The van der Waals surface area contributed by atoms with Gasteiger partial charge in [-0.05, 0) is 69.2 Å². The summed E-state index contributed by atoms with van der Waals surface area (Å²) in [5.74, 6) is 0.839. The van der Waals surface area contributed by atoms with E-state index in [9.17, 15) is 0 Å². The van der Waals surface area contributed by atoms with Crippen molar-refractivity contribution in [3.05, 3.63) is 69.4 Å². The average molecular weight is 405 g/mol. The first kappa shape index (κ1) is 19.9. The molecular formula is C22H26Cl2N2O. The Morgan fingerprint density at radius 2 is 1.70 bits per heavy atom. The number of hydroxylamine groups is 1. The minimum Gasteiger partial charge on any atom is -0.384 e. The van der Waals surface area contributed by atoms with Crippen molar-refractivity contribution in [1.29, 1.82) is 0 Å². The van der Waals surface area contributed by atoms with Crippen molar-refractivity contribution in [1.82, 2.24) is 0 Å². The van der Waals surface area contributed by atoms with Gasteiger partial charge in [-0.15, -0.1) is 0 Å². The third-order valence-corrected chi connectivity index (χ3v) is 5.65. The van der Waals surface area contributed by atoms with Crippen LogP contribution in [0.5, 0.6) is 0 Å². The van der Waals surface area contributed by atoms with E-state index >= 15 is 0 Å². The van der Waals surface area contributed by atoms with Gasteiger partial charge in [0.15, 0.2) is 0 Å². The van der Waals surface area contributed by atoms with Gasteiger partial charge in [0.1, 0.15) is 11.8 Å². The van der Waals surface area contributed by atoms with Gasteiger partial charge < -0.3 is 9.74 Å². The summed E-state index contributed by atoms with van der Waals surface area (Å²) in [5, 5.41) is 3.21. The number of hydrogen-bond acceptors (Lipinski definition) is 3. The maximum atomic E-state index is 6.49. The van der Waals surface area contributed by atoms with E-state index in [-0.39, 0.29) is 6.04 Å². The molecule has 1 atom stereocenters. The number of anilines is 2. The Labute approximate surface area is 172 Å². The van der Waals surface area contributed by atoms with Crippen molar-refractivity contribution in [3.63, 3.8) is 0 Å². The molecule has 0 saturated carbocycles. The molecule has 0 spiro atoms. The lowest BCUT2D eigenvalue weighted by molar-refractivity contribution is 0.195. The van der Waals surface area contributed by atoms with E-state index in [4.69, 9.17) is 28.0 Å². The Balaban J connectivity index is 2.04. The summed E-state index contributed by atoms with van der Waals surface area (Å²) in [6, 6.07) is 12.0. The molecule has 3 rings (SSSR count). The van der Waals surface area contributed by atoms with E-state index in [1.165, 1.54) is 11.3 Å². The second kappa shape index (κ2) is 8.45. The van der Waals surface area contributed by atoms with E-state index in [0.717, 1.165) is 36.5 Å². The quantitative estimate of drug-likeness (QED) is 0.526. The zero-order valence-corrected chi connectivity index (χ0v) is 17.8. The van der Waals surface area contributed by atoms with Crippen molar-refractivity contribution in [2.75, 3.05) is 23.1 Å². The molecule has 1 unspecified atom stereocenters. The summed E-state index contributed by atoms with van der Waals surface area (Å²) in [6.07, 6.45) is 2.97. The molecule has 2 aromatic carbocycles. The molecule has 0 saturated heterocycles. The van der Waals surface area contributed by atoms with Crippen molar-refractivity contribution in [3.8, 4) is 0 Å². The molecule has 3 nitrogen and oxygen atoms in total. The highest BCUT2D eigenvalue weighted by molar-refractivity contribution is 6.36. The predicted molar refractivity (Wildman–Crippen MR) is 116 cm³/mol. The zero-order chi connectivity index (χ0) is 19.6. The van der Waals surface area contributed by atoms with Crippen LogP contribution in [0.4, 0.5) is 11.4 Å². The summed E-state index contributed by atoms with van der Waals surface area (Å²) in [5.41, 5.74) is 4.38. The molecule has 2 aromatic rings. The van der Waals surface area contributed by atoms with Crippen molar-refractivity contribution in [2.24, 2.45) is 0 Å². The van der Waals surface area contributed by atoms with Crippen LogP contribution in [0.3, 0.4) is 0 Å². The van der Waals surface area contributed by atoms with Crippen LogP contribution in [0.2, 0.25) is 10.0 Å². The molecule has 1 heterocycles. The van der Waals surface area contributed by atoms with Gasteiger partial charge in [0.25, 0.3) is 0 Å².